The average molecular weight is 218 g/mol. The van der Waals surface area contributed by atoms with Crippen molar-refractivity contribution in [3.05, 3.63) is 16.8 Å². The van der Waals surface area contributed by atoms with E-state index in [1.54, 1.807) is 39.8 Å². The van der Waals surface area contributed by atoms with Crippen molar-refractivity contribution in [1.29, 1.82) is 0 Å². The predicted octanol–water partition coefficient (Wildman–Crippen LogP) is 3.47. The zero-order valence-electron chi connectivity index (χ0n) is 6.94. The summed E-state index contributed by atoms with van der Waals surface area (Å²) in [5.41, 5.74) is 0. The molecule has 1 heterocycles. The Kier molecular flexibility index (Phi) is 4.18. The summed E-state index contributed by atoms with van der Waals surface area (Å²) in [6, 6.07) is 2.06. The van der Waals surface area contributed by atoms with Crippen LogP contribution in [0, 0.1) is 0 Å². The SMILES string of the molecule is CC(=O)C(C)SSc1ccsc1. The van der Waals surface area contributed by atoms with E-state index in [0.29, 0.717) is 0 Å². The van der Waals surface area contributed by atoms with E-state index in [1.807, 2.05) is 12.3 Å². The quantitative estimate of drug-likeness (QED) is 0.720. The third kappa shape index (κ3) is 3.21. The summed E-state index contributed by atoms with van der Waals surface area (Å²) in [5, 5.41) is 4.22. The molecule has 1 atom stereocenters. The second kappa shape index (κ2) is 4.94. The van der Waals surface area contributed by atoms with Crippen LogP contribution in [0.25, 0.3) is 0 Å². The van der Waals surface area contributed by atoms with E-state index in [-0.39, 0.29) is 11.0 Å². The van der Waals surface area contributed by atoms with Crippen LogP contribution in [0.5, 0.6) is 0 Å². The summed E-state index contributed by atoms with van der Waals surface area (Å²) in [5.74, 6) is 0.239. The molecule has 0 amide bonds. The minimum absolute atomic E-state index is 0.0925. The van der Waals surface area contributed by atoms with Gasteiger partial charge in [-0.1, -0.05) is 21.6 Å². The molecule has 1 rings (SSSR count). The van der Waals surface area contributed by atoms with Crippen LogP contribution in [0.3, 0.4) is 0 Å². The maximum Gasteiger partial charge on any atom is 0.143 e. The lowest BCUT2D eigenvalue weighted by Gasteiger charge is -2.03. The first-order valence-corrected chi connectivity index (χ1v) is 6.71. The van der Waals surface area contributed by atoms with Crippen molar-refractivity contribution in [1.82, 2.24) is 0 Å². The van der Waals surface area contributed by atoms with E-state index >= 15 is 0 Å². The molecule has 0 saturated heterocycles. The van der Waals surface area contributed by atoms with Crippen LogP contribution in [0.4, 0.5) is 0 Å². The van der Waals surface area contributed by atoms with Gasteiger partial charge in [-0.05, 0) is 25.3 Å². The summed E-state index contributed by atoms with van der Waals surface area (Å²) in [6.07, 6.45) is 0. The molecule has 1 aromatic rings. The number of Topliss-reactive ketones (excluding diaryl/α,β-unsaturated/α-hetero) is 1. The van der Waals surface area contributed by atoms with E-state index in [0.717, 1.165) is 0 Å². The Balaban J connectivity index is 2.31. The van der Waals surface area contributed by atoms with Crippen molar-refractivity contribution in [2.75, 3.05) is 0 Å². The maximum atomic E-state index is 10.9. The fourth-order valence-corrected chi connectivity index (χ4v) is 3.63. The maximum absolute atomic E-state index is 10.9. The molecule has 12 heavy (non-hydrogen) atoms. The zero-order chi connectivity index (χ0) is 8.97. The minimum atomic E-state index is 0.0925. The number of carbonyl (C=O) groups is 1. The van der Waals surface area contributed by atoms with Crippen molar-refractivity contribution in [2.24, 2.45) is 0 Å². The molecule has 0 aliphatic carbocycles. The molecule has 1 aromatic heterocycles. The third-order valence-electron chi connectivity index (χ3n) is 1.36. The highest BCUT2D eigenvalue weighted by atomic mass is 33.1. The van der Waals surface area contributed by atoms with Gasteiger partial charge in [-0.25, -0.2) is 0 Å². The van der Waals surface area contributed by atoms with Crippen molar-refractivity contribution < 1.29 is 4.79 Å². The Morgan fingerprint density at radius 2 is 2.42 bits per heavy atom. The summed E-state index contributed by atoms with van der Waals surface area (Å²) in [7, 11) is 3.29. The van der Waals surface area contributed by atoms with Gasteiger partial charge in [-0.3, -0.25) is 4.79 Å². The molecule has 0 aliphatic rings. The van der Waals surface area contributed by atoms with Crippen LogP contribution in [0.1, 0.15) is 13.8 Å². The fraction of sp³-hybridized carbons (Fsp3) is 0.375. The van der Waals surface area contributed by atoms with Gasteiger partial charge in [0.05, 0.1) is 5.25 Å². The van der Waals surface area contributed by atoms with E-state index in [9.17, 15) is 4.79 Å². The molecule has 66 valence electrons. The average Bonchev–Trinajstić information content (AvgIpc) is 2.51. The first kappa shape index (κ1) is 10.2. The number of carbonyl (C=O) groups excluding carboxylic acids is 1. The summed E-state index contributed by atoms with van der Waals surface area (Å²) >= 11 is 1.68. The Bertz CT molecular complexity index is 243. The van der Waals surface area contributed by atoms with Gasteiger partial charge in [0.1, 0.15) is 5.78 Å². The zero-order valence-corrected chi connectivity index (χ0v) is 9.39. The molecule has 0 aliphatic heterocycles. The van der Waals surface area contributed by atoms with E-state index < -0.39 is 0 Å². The molecule has 1 nitrogen and oxygen atoms in total. The van der Waals surface area contributed by atoms with E-state index in [2.05, 4.69) is 11.4 Å². The Morgan fingerprint density at radius 3 is 2.92 bits per heavy atom. The number of hydrogen-bond acceptors (Lipinski definition) is 4. The first-order valence-electron chi connectivity index (χ1n) is 3.56. The number of thiophene rings is 1. The predicted molar refractivity (Wildman–Crippen MR) is 57.9 cm³/mol. The number of hydrogen-bond donors (Lipinski definition) is 0. The normalized spacial score (nSPS) is 12.8. The molecular formula is C8H10OS3. The van der Waals surface area contributed by atoms with Crippen LogP contribution < -0.4 is 0 Å². The lowest BCUT2D eigenvalue weighted by molar-refractivity contribution is -0.116. The highest BCUT2D eigenvalue weighted by Gasteiger charge is 2.08. The topological polar surface area (TPSA) is 17.1 Å². The second-order valence-electron chi connectivity index (χ2n) is 2.39. The highest BCUT2D eigenvalue weighted by Crippen LogP contribution is 2.35. The van der Waals surface area contributed by atoms with E-state index in [1.165, 1.54) is 4.90 Å². The molecule has 0 aromatic carbocycles. The van der Waals surface area contributed by atoms with Crippen molar-refractivity contribution in [3.8, 4) is 0 Å². The van der Waals surface area contributed by atoms with Gasteiger partial charge in [-0.15, -0.1) is 0 Å². The standard InChI is InChI=1S/C8H10OS3/c1-6(9)7(2)11-12-8-3-4-10-5-8/h3-5,7H,1-2H3. The van der Waals surface area contributed by atoms with Gasteiger partial charge in [-0.2, -0.15) is 11.3 Å². The largest absolute Gasteiger partial charge is 0.299 e. The minimum Gasteiger partial charge on any atom is -0.299 e. The van der Waals surface area contributed by atoms with Crippen molar-refractivity contribution in [3.63, 3.8) is 0 Å². The van der Waals surface area contributed by atoms with Gasteiger partial charge in [0.2, 0.25) is 0 Å². The van der Waals surface area contributed by atoms with Crippen molar-refractivity contribution in [2.45, 2.75) is 24.0 Å². The summed E-state index contributed by atoms with van der Waals surface area (Å²) < 4.78 is 0. The molecule has 4 heteroatoms. The molecular weight excluding hydrogens is 208 g/mol. The Labute approximate surface area is 84.3 Å². The van der Waals surface area contributed by atoms with Gasteiger partial charge in [0, 0.05) is 10.3 Å². The molecule has 0 N–H and O–H groups in total. The van der Waals surface area contributed by atoms with Gasteiger partial charge < -0.3 is 0 Å². The summed E-state index contributed by atoms with van der Waals surface area (Å²) in [6.45, 7) is 3.57. The highest BCUT2D eigenvalue weighted by molar-refractivity contribution is 8.77. The lowest BCUT2D eigenvalue weighted by atomic mass is 10.3. The Hall–Kier alpha value is 0.0700. The summed E-state index contributed by atoms with van der Waals surface area (Å²) in [4.78, 5) is 12.1. The van der Waals surface area contributed by atoms with Gasteiger partial charge in [0.25, 0.3) is 0 Å². The van der Waals surface area contributed by atoms with Crippen molar-refractivity contribution >= 4 is 38.7 Å². The number of rotatable bonds is 4. The lowest BCUT2D eigenvalue weighted by Crippen LogP contribution is -2.05. The van der Waals surface area contributed by atoms with Gasteiger partial charge >= 0.3 is 0 Å². The van der Waals surface area contributed by atoms with Crippen LogP contribution >= 0.6 is 32.9 Å². The van der Waals surface area contributed by atoms with Gasteiger partial charge in [0.15, 0.2) is 0 Å². The molecule has 0 bridgehead atoms. The van der Waals surface area contributed by atoms with Crippen LogP contribution in [-0.4, -0.2) is 11.0 Å². The number of ketones is 1. The smallest absolute Gasteiger partial charge is 0.143 e. The first-order chi connectivity index (χ1) is 5.70. The van der Waals surface area contributed by atoms with Crippen LogP contribution in [0.15, 0.2) is 21.7 Å². The molecule has 0 fully saturated rings. The molecule has 1 unspecified atom stereocenters. The second-order valence-corrected chi connectivity index (χ2v) is 5.79. The van der Waals surface area contributed by atoms with Crippen LogP contribution in [0.2, 0.25) is 0 Å². The molecule has 0 radical (unpaired) electrons. The molecule has 0 spiro atoms. The fourth-order valence-electron chi connectivity index (χ4n) is 0.495. The third-order valence-corrected chi connectivity index (χ3v) is 5.08. The Morgan fingerprint density at radius 1 is 1.67 bits per heavy atom. The molecule has 0 saturated carbocycles. The van der Waals surface area contributed by atoms with E-state index in [4.69, 9.17) is 0 Å². The van der Waals surface area contributed by atoms with Crippen LogP contribution in [-0.2, 0) is 4.79 Å². The monoisotopic (exact) mass is 218 g/mol.